The number of benzene rings is 2. The lowest BCUT2D eigenvalue weighted by Crippen LogP contribution is -2.33. The van der Waals surface area contributed by atoms with Gasteiger partial charge in [-0.25, -0.2) is 4.79 Å². The maximum Gasteiger partial charge on any atom is 0.331 e. The van der Waals surface area contributed by atoms with Crippen LogP contribution in [0.15, 0.2) is 53.6 Å². The molecule has 2 aromatic rings. The molecule has 5 nitrogen and oxygen atoms in total. The maximum atomic E-state index is 11.1. The van der Waals surface area contributed by atoms with Crippen LogP contribution < -0.4 is 9.47 Å². The van der Waals surface area contributed by atoms with Crippen molar-refractivity contribution in [2.24, 2.45) is 0 Å². The lowest BCUT2D eigenvalue weighted by Gasteiger charge is -2.27. The van der Waals surface area contributed by atoms with Gasteiger partial charge >= 0.3 is 5.97 Å². The van der Waals surface area contributed by atoms with Crippen LogP contribution in [0.3, 0.4) is 0 Å². The summed E-state index contributed by atoms with van der Waals surface area (Å²) in [4.78, 5) is 13.3. The highest BCUT2D eigenvalue weighted by Gasteiger charge is 2.21. The van der Waals surface area contributed by atoms with E-state index in [1.165, 1.54) is 36.8 Å². The van der Waals surface area contributed by atoms with Crippen LogP contribution in [-0.4, -0.2) is 42.2 Å². The number of nitrogens with zero attached hydrogens (tertiary/aromatic N) is 1. The normalized spacial score (nSPS) is 18.6. The fourth-order valence-electron chi connectivity index (χ4n) is 5.10. The van der Waals surface area contributed by atoms with Gasteiger partial charge in [-0.05, 0) is 66.2 Å². The summed E-state index contributed by atoms with van der Waals surface area (Å²) in [7, 11) is 0. The molecule has 0 amide bonds. The Hall–Kier alpha value is -2.76. The van der Waals surface area contributed by atoms with Crippen molar-refractivity contribution < 1.29 is 19.4 Å². The molecular formula is C28H30ClNO4. The van der Waals surface area contributed by atoms with Gasteiger partial charge < -0.3 is 14.6 Å². The van der Waals surface area contributed by atoms with Crippen LogP contribution >= 0.6 is 11.6 Å². The summed E-state index contributed by atoms with van der Waals surface area (Å²) in [6.45, 7) is 3.18. The topological polar surface area (TPSA) is 59.0 Å². The minimum atomic E-state index is -0.809. The van der Waals surface area contributed by atoms with E-state index in [1.54, 1.807) is 0 Å². The zero-order chi connectivity index (χ0) is 23.5. The zero-order valence-corrected chi connectivity index (χ0v) is 20.0. The Bertz CT molecular complexity index is 1130. The smallest absolute Gasteiger partial charge is 0.331 e. The number of fused-ring (bicyclic) bond motifs is 1. The monoisotopic (exact) mass is 479 g/mol. The molecule has 0 unspecified atom stereocenters. The van der Waals surface area contributed by atoms with Crippen LogP contribution in [-0.2, 0) is 11.4 Å². The van der Waals surface area contributed by atoms with Gasteiger partial charge in [0.1, 0.15) is 24.7 Å². The van der Waals surface area contributed by atoms with Crippen molar-refractivity contribution in [3.63, 3.8) is 0 Å². The highest BCUT2D eigenvalue weighted by atomic mass is 35.5. The minimum Gasteiger partial charge on any atom is -0.489 e. The molecule has 2 heterocycles. The second-order valence-corrected chi connectivity index (χ2v) is 9.84. The summed E-state index contributed by atoms with van der Waals surface area (Å²) < 4.78 is 12.1. The van der Waals surface area contributed by atoms with Crippen LogP contribution in [0.5, 0.6) is 11.5 Å². The average Bonchev–Trinajstić information content (AvgIpc) is 3.38. The number of ether oxygens (including phenoxy) is 2. The highest BCUT2D eigenvalue weighted by molar-refractivity contribution is 6.31. The van der Waals surface area contributed by atoms with Crippen molar-refractivity contribution in [3.05, 3.63) is 75.3 Å². The molecule has 178 valence electrons. The van der Waals surface area contributed by atoms with Gasteiger partial charge in [0, 0.05) is 41.9 Å². The molecular weight excluding hydrogens is 450 g/mol. The third kappa shape index (κ3) is 5.31. The predicted octanol–water partition coefficient (Wildman–Crippen LogP) is 6.07. The van der Waals surface area contributed by atoms with E-state index in [1.807, 2.05) is 30.3 Å². The number of rotatable bonds is 7. The number of carboxylic acids is 1. The van der Waals surface area contributed by atoms with Gasteiger partial charge in [-0.15, -0.1) is 0 Å². The number of aliphatic carboxylic acids is 1. The van der Waals surface area contributed by atoms with E-state index in [0.717, 1.165) is 40.7 Å². The molecule has 1 aliphatic carbocycles. The first kappa shape index (κ1) is 23.0. The molecule has 1 saturated carbocycles. The van der Waals surface area contributed by atoms with Gasteiger partial charge in [-0.1, -0.05) is 42.7 Å². The van der Waals surface area contributed by atoms with E-state index in [9.17, 15) is 4.79 Å². The summed E-state index contributed by atoms with van der Waals surface area (Å²) >= 11 is 6.58. The number of hydrogen-bond donors (Lipinski definition) is 1. The van der Waals surface area contributed by atoms with Gasteiger partial charge in [-0.3, -0.25) is 4.90 Å². The molecule has 34 heavy (non-hydrogen) atoms. The van der Waals surface area contributed by atoms with Crippen molar-refractivity contribution in [2.75, 3.05) is 26.2 Å². The van der Waals surface area contributed by atoms with Crippen molar-refractivity contribution in [1.82, 2.24) is 4.90 Å². The second-order valence-electron chi connectivity index (χ2n) is 9.44. The molecule has 6 heteroatoms. The number of carbonyl (C=O) groups is 1. The minimum absolute atomic E-state index is 0.464. The average molecular weight is 480 g/mol. The third-order valence-electron chi connectivity index (χ3n) is 7.02. The van der Waals surface area contributed by atoms with Crippen LogP contribution in [0.25, 0.3) is 6.08 Å². The lowest BCUT2D eigenvalue weighted by atomic mass is 9.96. The largest absolute Gasteiger partial charge is 0.489 e. The van der Waals surface area contributed by atoms with Crippen molar-refractivity contribution >= 4 is 23.6 Å². The van der Waals surface area contributed by atoms with Gasteiger partial charge in [0.25, 0.3) is 0 Å². The lowest BCUT2D eigenvalue weighted by molar-refractivity contribution is -0.133. The van der Waals surface area contributed by atoms with Crippen LogP contribution in [0.4, 0.5) is 0 Å². The number of hydrogen-bond acceptors (Lipinski definition) is 4. The number of halogens is 1. The summed E-state index contributed by atoms with van der Waals surface area (Å²) in [6, 6.07) is 12.3. The molecule has 5 rings (SSSR count). The molecule has 0 radical (unpaired) electrons. The van der Waals surface area contributed by atoms with Gasteiger partial charge in [0.05, 0.1) is 0 Å². The highest BCUT2D eigenvalue weighted by Crippen LogP contribution is 2.38. The van der Waals surface area contributed by atoms with Gasteiger partial charge in [-0.2, -0.15) is 0 Å². The van der Waals surface area contributed by atoms with E-state index in [-0.39, 0.29) is 0 Å². The Labute approximate surface area is 205 Å². The zero-order valence-electron chi connectivity index (χ0n) is 19.3. The molecule has 0 bridgehead atoms. The first-order valence-corrected chi connectivity index (χ1v) is 12.4. The van der Waals surface area contributed by atoms with E-state index in [2.05, 4.69) is 23.1 Å². The summed E-state index contributed by atoms with van der Waals surface area (Å²) in [6.07, 6.45) is 9.63. The Morgan fingerprint density at radius 2 is 2.03 bits per heavy atom. The summed E-state index contributed by atoms with van der Waals surface area (Å²) in [5.41, 5.74) is 5.07. The van der Waals surface area contributed by atoms with Crippen molar-refractivity contribution in [2.45, 2.75) is 44.6 Å². The SMILES string of the molecule is O=C(O)C1=CCN(CC2=Cc3ccc(OCc4ccc(C5CCCC5)c(Cl)c4)cc3OC2)CC1. The quantitative estimate of drug-likeness (QED) is 0.522. The molecule has 2 aliphatic heterocycles. The maximum absolute atomic E-state index is 11.1. The predicted molar refractivity (Wildman–Crippen MR) is 134 cm³/mol. The molecule has 0 aromatic heterocycles. The fourth-order valence-corrected chi connectivity index (χ4v) is 5.46. The summed E-state index contributed by atoms with van der Waals surface area (Å²) in [5, 5.41) is 9.96. The van der Waals surface area contributed by atoms with E-state index in [4.69, 9.17) is 26.2 Å². The first-order chi connectivity index (χ1) is 16.5. The number of carboxylic acid groups (broad SMARTS) is 1. The van der Waals surface area contributed by atoms with E-state index >= 15 is 0 Å². The van der Waals surface area contributed by atoms with Crippen molar-refractivity contribution in [3.8, 4) is 11.5 Å². The Morgan fingerprint density at radius 1 is 1.18 bits per heavy atom. The van der Waals surface area contributed by atoms with E-state index in [0.29, 0.717) is 37.7 Å². The first-order valence-electron chi connectivity index (χ1n) is 12.1. The second kappa shape index (κ2) is 10.2. The van der Waals surface area contributed by atoms with Crippen LogP contribution in [0, 0.1) is 0 Å². The molecule has 1 N–H and O–H groups in total. The van der Waals surface area contributed by atoms with E-state index < -0.39 is 5.97 Å². The third-order valence-corrected chi connectivity index (χ3v) is 7.35. The van der Waals surface area contributed by atoms with Gasteiger partial charge in [0.15, 0.2) is 0 Å². The summed E-state index contributed by atoms with van der Waals surface area (Å²) in [5.74, 6) is 1.39. The Balaban J connectivity index is 1.18. The van der Waals surface area contributed by atoms with Crippen LogP contribution in [0.1, 0.15) is 54.7 Å². The van der Waals surface area contributed by atoms with Gasteiger partial charge in [0.2, 0.25) is 0 Å². The molecule has 1 fully saturated rings. The molecule has 3 aliphatic rings. The Morgan fingerprint density at radius 3 is 2.76 bits per heavy atom. The standard InChI is InChI=1S/C28H30ClNO4/c29-26-14-19(5-8-25(26)21-3-1-2-4-21)17-33-24-7-6-23-13-20(18-34-27(23)15-24)16-30-11-9-22(10-12-30)28(31)32/h5-9,13-15,21H,1-4,10-12,16-18H2,(H,31,32). The molecule has 0 saturated heterocycles. The van der Waals surface area contributed by atoms with Crippen molar-refractivity contribution in [1.29, 1.82) is 0 Å². The molecule has 0 atom stereocenters. The van der Waals surface area contributed by atoms with Crippen LogP contribution in [0.2, 0.25) is 5.02 Å². The molecule has 0 spiro atoms. The Kier molecular flexibility index (Phi) is 6.93. The fraction of sp³-hybridized carbons (Fsp3) is 0.393. The molecule has 2 aromatic carbocycles.